The number of aromatic nitrogens is 1. The average molecular weight is 234 g/mol. The first-order valence-electron chi connectivity index (χ1n) is 5.81. The van der Waals surface area contributed by atoms with E-state index in [-0.39, 0.29) is 0 Å². The summed E-state index contributed by atoms with van der Waals surface area (Å²) in [5.41, 5.74) is 4.79. The normalized spacial score (nSPS) is 11.1. The van der Waals surface area contributed by atoms with Crippen molar-refractivity contribution >= 4 is 11.6 Å². The fraction of sp³-hybridized carbons (Fsp3) is 0.125. The van der Waals surface area contributed by atoms with Crippen LogP contribution in [-0.2, 0) is 0 Å². The van der Waals surface area contributed by atoms with Gasteiger partial charge in [-0.05, 0) is 48.7 Å². The van der Waals surface area contributed by atoms with E-state index in [9.17, 15) is 5.26 Å². The van der Waals surface area contributed by atoms with Crippen LogP contribution in [0.5, 0.6) is 0 Å². The number of aryl methyl sites for hydroxylation is 2. The lowest BCUT2D eigenvalue weighted by Crippen LogP contribution is -1.87. The molecule has 0 saturated heterocycles. The summed E-state index contributed by atoms with van der Waals surface area (Å²) in [6.45, 7) is 4.15. The van der Waals surface area contributed by atoms with E-state index in [1.54, 1.807) is 6.20 Å². The fourth-order valence-electron chi connectivity index (χ4n) is 1.71. The zero-order valence-corrected chi connectivity index (χ0v) is 10.5. The second-order valence-corrected chi connectivity index (χ2v) is 4.23. The van der Waals surface area contributed by atoms with Gasteiger partial charge in [-0.15, -0.1) is 0 Å². The molecule has 88 valence electrons. The van der Waals surface area contributed by atoms with Crippen LogP contribution in [0.25, 0.3) is 11.6 Å². The van der Waals surface area contributed by atoms with Crippen molar-refractivity contribution < 1.29 is 0 Å². The van der Waals surface area contributed by atoms with Gasteiger partial charge in [-0.2, -0.15) is 5.26 Å². The molecule has 0 aliphatic rings. The van der Waals surface area contributed by atoms with Crippen molar-refractivity contribution in [2.24, 2.45) is 0 Å². The molecule has 0 saturated carbocycles. The molecule has 0 amide bonds. The number of rotatable bonds is 2. The minimum atomic E-state index is 0.582. The quantitative estimate of drug-likeness (QED) is 0.742. The highest BCUT2D eigenvalue weighted by Crippen LogP contribution is 2.17. The number of benzene rings is 1. The Labute approximate surface area is 107 Å². The molecule has 18 heavy (non-hydrogen) atoms. The summed E-state index contributed by atoms with van der Waals surface area (Å²) in [6, 6.07) is 13.9. The lowest BCUT2D eigenvalue weighted by Gasteiger charge is -2.02. The Morgan fingerprint density at radius 2 is 2.00 bits per heavy atom. The van der Waals surface area contributed by atoms with Crippen molar-refractivity contribution in [1.29, 1.82) is 5.26 Å². The Morgan fingerprint density at radius 1 is 1.17 bits per heavy atom. The van der Waals surface area contributed by atoms with Crippen LogP contribution >= 0.6 is 0 Å². The zero-order chi connectivity index (χ0) is 13.0. The molecule has 0 aliphatic heterocycles. The van der Waals surface area contributed by atoms with Crippen molar-refractivity contribution in [3.05, 3.63) is 65.0 Å². The summed E-state index contributed by atoms with van der Waals surface area (Å²) in [5.74, 6) is 0. The summed E-state index contributed by atoms with van der Waals surface area (Å²) >= 11 is 0. The Hall–Kier alpha value is -2.40. The van der Waals surface area contributed by atoms with Crippen LogP contribution in [0.15, 0.2) is 42.6 Å². The lowest BCUT2D eigenvalue weighted by atomic mass is 10.0. The van der Waals surface area contributed by atoms with Crippen LogP contribution in [-0.4, -0.2) is 4.98 Å². The first-order valence-corrected chi connectivity index (χ1v) is 5.81. The minimum Gasteiger partial charge on any atom is -0.256 e. The van der Waals surface area contributed by atoms with Gasteiger partial charge in [-0.3, -0.25) is 4.98 Å². The average Bonchev–Trinajstić information content (AvgIpc) is 2.41. The van der Waals surface area contributed by atoms with Crippen LogP contribution in [0.3, 0.4) is 0 Å². The third-order valence-corrected chi connectivity index (χ3v) is 2.90. The first-order chi connectivity index (χ1) is 8.70. The standard InChI is InChI=1S/C16H14N2/c1-12-6-7-14(9-13(12)2)10-15(11-17)16-5-3-4-8-18-16/h3-10H,1-2H3/b15-10-. The number of allylic oxidation sites excluding steroid dienone is 1. The molecule has 2 rings (SSSR count). The van der Waals surface area contributed by atoms with Crippen molar-refractivity contribution in [2.75, 3.05) is 0 Å². The molecule has 0 unspecified atom stereocenters. The molecule has 0 bridgehead atoms. The Morgan fingerprint density at radius 3 is 2.61 bits per heavy atom. The second kappa shape index (κ2) is 5.29. The highest BCUT2D eigenvalue weighted by atomic mass is 14.7. The molecule has 1 aromatic heterocycles. The predicted octanol–water partition coefficient (Wildman–Crippen LogP) is 3.76. The Bertz CT molecular complexity index is 619. The maximum absolute atomic E-state index is 9.21. The molecular weight excluding hydrogens is 220 g/mol. The van der Waals surface area contributed by atoms with Gasteiger partial charge in [0.15, 0.2) is 0 Å². The number of nitrogens with zero attached hydrogens (tertiary/aromatic N) is 2. The smallest absolute Gasteiger partial charge is 0.101 e. The Balaban J connectivity index is 2.42. The zero-order valence-electron chi connectivity index (χ0n) is 10.5. The molecule has 1 heterocycles. The van der Waals surface area contributed by atoms with E-state index in [2.05, 4.69) is 37.0 Å². The first kappa shape index (κ1) is 12.1. The number of pyridine rings is 1. The van der Waals surface area contributed by atoms with Gasteiger partial charge in [0.05, 0.1) is 11.3 Å². The molecule has 2 nitrogen and oxygen atoms in total. The van der Waals surface area contributed by atoms with Crippen molar-refractivity contribution in [1.82, 2.24) is 4.98 Å². The van der Waals surface area contributed by atoms with E-state index in [0.717, 1.165) is 5.56 Å². The summed E-state index contributed by atoms with van der Waals surface area (Å²) in [5, 5.41) is 9.21. The maximum atomic E-state index is 9.21. The molecule has 2 aromatic rings. The predicted molar refractivity (Wildman–Crippen MR) is 73.6 cm³/mol. The molecule has 0 spiro atoms. The third-order valence-electron chi connectivity index (χ3n) is 2.90. The van der Waals surface area contributed by atoms with Crippen LogP contribution in [0.4, 0.5) is 0 Å². The van der Waals surface area contributed by atoms with Crippen molar-refractivity contribution in [3.8, 4) is 6.07 Å². The molecule has 2 heteroatoms. The second-order valence-electron chi connectivity index (χ2n) is 4.23. The molecule has 0 radical (unpaired) electrons. The van der Waals surface area contributed by atoms with Gasteiger partial charge < -0.3 is 0 Å². The van der Waals surface area contributed by atoms with Gasteiger partial charge >= 0.3 is 0 Å². The van der Waals surface area contributed by atoms with Crippen molar-refractivity contribution in [3.63, 3.8) is 0 Å². The van der Waals surface area contributed by atoms with Crippen LogP contribution in [0, 0.1) is 25.2 Å². The number of nitriles is 1. The summed E-state index contributed by atoms with van der Waals surface area (Å²) in [4.78, 5) is 4.20. The number of hydrogen-bond acceptors (Lipinski definition) is 2. The summed E-state index contributed by atoms with van der Waals surface area (Å²) < 4.78 is 0. The maximum Gasteiger partial charge on any atom is 0.101 e. The SMILES string of the molecule is Cc1ccc(/C=C(/C#N)c2ccccn2)cc1C. The van der Waals surface area contributed by atoms with Crippen molar-refractivity contribution in [2.45, 2.75) is 13.8 Å². The topological polar surface area (TPSA) is 36.7 Å². The Kier molecular flexibility index (Phi) is 3.54. The van der Waals surface area contributed by atoms with Crippen LogP contribution in [0.1, 0.15) is 22.4 Å². The van der Waals surface area contributed by atoms with Crippen LogP contribution in [0.2, 0.25) is 0 Å². The number of hydrogen-bond donors (Lipinski definition) is 0. The fourth-order valence-corrected chi connectivity index (χ4v) is 1.71. The summed E-state index contributed by atoms with van der Waals surface area (Å²) in [7, 11) is 0. The largest absolute Gasteiger partial charge is 0.256 e. The van der Waals surface area contributed by atoms with E-state index in [1.165, 1.54) is 11.1 Å². The van der Waals surface area contributed by atoms with Gasteiger partial charge in [-0.1, -0.05) is 24.3 Å². The van der Waals surface area contributed by atoms with Gasteiger partial charge in [0.25, 0.3) is 0 Å². The highest BCUT2D eigenvalue weighted by molar-refractivity contribution is 5.88. The van der Waals surface area contributed by atoms with E-state index < -0.39 is 0 Å². The summed E-state index contributed by atoms with van der Waals surface area (Å²) in [6.07, 6.45) is 3.57. The third kappa shape index (κ3) is 2.64. The van der Waals surface area contributed by atoms with E-state index in [4.69, 9.17) is 0 Å². The molecular formula is C16H14N2. The lowest BCUT2D eigenvalue weighted by molar-refractivity contribution is 1.28. The monoisotopic (exact) mass is 234 g/mol. The molecule has 0 aliphatic carbocycles. The molecule has 0 N–H and O–H groups in total. The van der Waals surface area contributed by atoms with E-state index in [0.29, 0.717) is 11.3 Å². The van der Waals surface area contributed by atoms with Gasteiger partial charge in [-0.25, -0.2) is 0 Å². The van der Waals surface area contributed by atoms with E-state index >= 15 is 0 Å². The molecule has 1 aromatic carbocycles. The van der Waals surface area contributed by atoms with E-state index in [1.807, 2.05) is 30.3 Å². The van der Waals surface area contributed by atoms with Gasteiger partial charge in [0.2, 0.25) is 0 Å². The van der Waals surface area contributed by atoms with Gasteiger partial charge in [0, 0.05) is 6.20 Å². The van der Waals surface area contributed by atoms with Gasteiger partial charge in [0.1, 0.15) is 6.07 Å². The molecule has 0 atom stereocenters. The van der Waals surface area contributed by atoms with Crippen LogP contribution < -0.4 is 0 Å². The molecule has 0 fully saturated rings. The highest BCUT2D eigenvalue weighted by Gasteiger charge is 2.02. The minimum absolute atomic E-state index is 0.582.